The molecule has 0 fully saturated rings. The average Bonchev–Trinajstić information content (AvgIpc) is 2.66. The molecule has 3 N–H and O–H groups in total. The third-order valence-corrected chi connectivity index (χ3v) is 4.29. The van der Waals surface area contributed by atoms with E-state index in [-0.39, 0.29) is 18.2 Å². The normalized spacial score (nSPS) is 14.4. The van der Waals surface area contributed by atoms with Gasteiger partial charge in [-0.3, -0.25) is 4.90 Å². The van der Waals surface area contributed by atoms with Crippen molar-refractivity contribution in [2.45, 2.75) is 25.4 Å². The minimum atomic E-state index is -0.291. The highest BCUT2D eigenvalue weighted by Crippen LogP contribution is 2.32. The lowest BCUT2D eigenvalue weighted by Crippen LogP contribution is -2.47. The van der Waals surface area contributed by atoms with Crippen LogP contribution in [0.2, 0.25) is 4.34 Å². The summed E-state index contributed by atoms with van der Waals surface area (Å²) in [5.74, 6) is 0. The molecule has 1 atom stereocenters. The van der Waals surface area contributed by atoms with E-state index >= 15 is 0 Å². The zero-order valence-electron chi connectivity index (χ0n) is 9.90. The molecular weight excluding hydrogens is 244 g/mol. The first kappa shape index (κ1) is 13.9. The van der Waals surface area contributed by atoms with Gasteiger partial charge in [0.05, 0.1) is 17.0 Å². The van der Waals surface area contributed by atoms with E-state index in [1.54, 1.807) is 0 Å². The Labute approximate surface area is 106 Å². The first-order valence-corrected chi connectivity index (χ1v) is 6.41. The molecule has 0 saturated carbocycles. The van der Waals surface area contributed by atoms with Crippen LogP contribution in [-0.4, -0.2) is 35.7 Å². The van der Waals surface area contributed by atoms with Crippen LogP contribution in [0.15, 0.2) is 12.1 Å². The van der Waals surface area contributed by atoms with Crippen molar-refractivity contribution in [2.24, 2.45) is 5.73 Å². The average molecular weight is 263 g/mol. The van der Waals surface area contributed by atoms with Crippen molar-refractivity contribution in [3.8, 4) is 0 Å². The number of nitrogens with two attached hydrogens (primary N) is 1. The summed E-state index contributed by atoms with van der Waals surface area (Å²) in [7, 11) is 1.97. The largest absolute Gasteiger partial charge is 0.394 e. The molecule has 1 aromatic rings. The van der Waals surface area contributed by atoms with Gasteiger partial charge in [-0.05, 0) is 33.0 Å². The quantitative estimate of drug-likeness (QED) is 0.855. The molecule has 0 radical (unpaired) electrons. The molecule has 0 aromatic carbocycles. The number of aliphatic hydroxyl groups is 1. The molecule has 16 heavy (non-hydrogen) atoms. The second-order valence-electron chi connectivity index (χ2n) is 4.47. The zero-order chi connectivity index (χ0) is 12.3. The van der Waals surface area contributed by atoms with E-state index in [0.29, 0.717) is 6.54 Å². The first-order chi connectivity index (χ1) is 7.42. The van der Waals surface area contributed by atoms with Crippen molar-refractivity contribution >= 4 is 22.9 Å². The summed E-state index contributed by atoms with van der Waals surface area (Å²) in [6.07, 6.45) is 0. The molecule has 0 aliphatic heterocycles. The molecule has 0 aliphatic carbocycles. The van der Waals surface area contributed by atoms with E-state index in [1.165, 1.54) is 11.3 Å². The Hall–Kier alpha value is -0.130. The van der Waals surface area contributed by atoms with Crippen molar-refractivity contribution in [1.82, 2.24) is 4.90 Å². The zero-order valence-corrected chi connectivity index (χ0v) is 11.5. The molecule has 1 unspecified atom stereocenters. The predicted octanol–water partition coefficient (Wildman–Crippen LogP) is 2.10. The summed E-state index contributed by atoms with van der Waals surface area (Å²) in [6.45, 7) is 4.59. The molecule has 0 aliphatic rings. The molecule has 0 bridgehead atoms. The second-order valence-corrected chi connectivity index (χ2v) is 6.22. The Balaban J connectivity index is 2.90. The van der Waals surface area contributed by atoms with Crippen molar-refractivity contribution < 1.29 is 5.11 Å². The van der Waals surface area contributed by atoms with Gasteiger partial charge in [-0.25, -0.2) is 0 Å². The number of hydrogen-bond donors (Lipinski definition) is 2. The van der Waals surface area contributed by atoms with Gasteiger partial charge < -0.3 is 10.8 Å². The Bertz CT molecular complexity index is 340. The molecule has 0 spiro atoms. The summed E-state index contributed by atoms with van der Waals surface area (Å²) >= 11 is 7.46. The highest BCUT2D eigenvalue weighted by atomic mass is 35.5. The van der Waals surface area contributed by atoms with Crippen LogP contribution in [0, 0.1) is 0 Å². The van der Waals surface area contributed by atoms with Gasteiger partial charge in [-0.2, -0.15) is 0 Å². The van der Waals surface area contributed by atoms with Crippen LogP contribution >= 0.6 is 22.9 Å². The number of halogens is 1. The van der Waals surface area contributed by atoms with E-state index in [4.69, 9.17) is 17.3 Å². The molecule has 3 nitrogen and oxygen atoms in total. The van der Waals surface area contributed by atoms with E-state index < -0.39 is 0 Å². The van der Waals surface area contributed by atoms with Crippen LogP contribution in [0.1, 0.15) is 24.8 Å². The number of likely N-dealkylation sites (N-methyl/N-ethyl adjacent to an activating group) is 1. The van der Waals surface area contributed by atoms with Crippen molar-refractivity contribution in [2.75, 3.05) is 20.2 Å². The molecule has 1 heterocycles. The van der Waals surface area contributed by atoms with Crippen LogP contribution in [0.4, 0.5) is 0 Å². The van der Waals surface area contributed by atoms with E-state index in [9.17, 15) is 5.11 Å². The lowest BCUT2D eigenvalue weighted by atomic mass is 10.0. The monoisotopic (exact) mass is 262 g/mol. The Morgan fingerprint density at radius 3 is 2.56 bits per heavy atom. The smallest absolute Gasteiger partial charge is 0.0931 e. The van der Waals surface area contributed by atoms with E-state index in [2.05, 4.69) is 4.90 Å². The summed E-state index contributed by atoms with van der Waals surface area (Å²) in [6, 6.07) is 3.97. The van der Waals surface area contributed by atoms with E-state index in [1.807, 2.05) is 33.0 Å². The van der Waals surface area contributed by atoms with Gasteiger partial charge in [0.25, 0.3) is 0 Å². The molecule has 92 valence electrons. The highest BCUT2D eigenvalue weighted by molar-refractivity contribution is 7.16. The number of hydrogen-bond acceptors (Lipinski definition) is 4. The van der Waals surface area contributed by atoms with Crippen LogP contribution in [0.5, 0.6) is 0 Å². The van der Waals surface area contributed by atoms with Gasteiger partial charge >= 0.3 is 0 Å². The molecular formula is C11H19ClN2OS. The fourth-order valence-electron chi connectivity index (χ4n) is 1.51. The maximum Gasteiger partial charge on any atom is 0.0931 e. The van der Waals surface area contributed by atoms with Crippen LogP contribution in [0.25, 0.3) is 0 Å². The van der Waals surface area contributed by atoms with Crippen LogP contribution in [0.3, 0.4) is 0 Å². The summed E-state index contributed by atoms with van der Waals surface area (Å²) in [4.78, 5) is 3.23. The van der Waals surface area contributed by atoms with Gasteiger partial charge in [-0.1, -0.05) is 11.6 Å². The molecule has 0 saturated heterocycles. The summed E-state index contributed by atoms with van der Waals surface area (Å²) in [5, 5.41) is 9.36. The Kier molecular flexibility index (Phi) is 4.76. The predicted molar refractivity (Wildman–Crippen MR) is 70.1 cm³/mol. The number of aliphatic hydroxyl groups excluding tert-OH is 1. The van der Waals surface area contributed by atoms with Crippen molar-refractivity contribution in [3.63, 3.8) is 0 Å². The van der Waals surface area contributed by atoms with Gasteiger partial charge in [0.2, 0.25) is 0 Å². The van der Waals surface area contributed by atoms with Gasteiger partial charge in [-0.15, -0.1) is 11.3 Å². The Morgan fingerprint density at radius 2 is 2.19 bits per heavy atom. The third-order valence-electron chi connectivity index (χ3n) is 2.95. The minimum absolute atomic E-state index is 0.0963. The standard InChI is InChI=1S/C11H19ClN2OS/c1-11(2,7-15)14(3)8(6-13)9-4-5-10(12)16-9/h4-5,8,15H,6-7,13H2,1-3H3. The van der Waals surface area contributed by atoms with Crippen LogP contribution in [-0.2, 0) is 0 Å². The van der Waals surface area contributed by atoms with Gasteiger partial charge in [0, 0.05) is 17.0 Å². The second kappa shape index (κ2) is 5.47. The maximum absolute atomic E-state index is 9.36. The fourth-order valence-corrected chi connectivity index (χ4v) is 2.72. The molecule has 0 amide bonds. The lowest BCUT2D eigenvalue weighted by Gasteiger charge is -2.39. The SMILES string of the molecule is CN(C(CN)c1ccc(Cl)s1)C(C)(C)CO. The van der Waals surface area contributed by atoms with Crippen molar-refractivity contribution in [3.05, 3.63) is 21.3 Å². The fraction of sp³-hybridized carbons (Fsp3) is 0.636. The highest BCUT2D eigenvalue weighted by Gasteiger charge is 2.29. The lowest BCUT2D eigenvalue weighted by molar-refractivity contribution is 0.0481. The van der Waals surface area contributed by atoms with Crippen LogP contribution < -0.4 is 5.73 Å². The molecule has 1 aromatic heterocycles. The number of nitrogens with zero attached hydrogens (tertiary/aromatic N) is 1. The van der Waals surface area contributed by atoms with Gasteiger partial charge in [0.15, 0.2) is 0 Å². The number of rotatable bonds is 5. The Morgan fingerprint density at radius 1 is 1.56 bits per heavy atom. The van der Waals surface area contributed by atoms with Crippen molar-refractivity contribution in [1.29, 1.82) is 0 Å². The van der Waals surface area contributed by atoms with Gasteiger partial charge in [0.1, 0.15) is 0 Å². The minimum Gasteiger partial charge on any atom is -0.394 e. The maximum atomic E-state index is 9.36. The number of thiophene rings is 1. The summed E-state index contributed by atoms with van der Waals surface area (Å²) < 4.78 is 0.767. The first-order valence-electron chi connectivity index (χ1n) is 5.21. The molecule has 5 heteroatoms. The third kappa shape index (κ3) is 2.96. The summed E-state index contributed by atoms with van der Waals surface area (Å²) in [5.41, 5.74) is 5.52. The topological polar surface area (TPSA) is 49.5 Å². The van der Waals surface area contributed by atoms with E-state index in [0.717, 1.165) is 9.21 Å². The molecule has 1 rings (SSSR count).